The summed E-state index contributed by atoms with van der Waals surface area (Å²) < 4.78 is 0. The topological polar surface area (TPSA) is 60.5 Å². The summed E-state index contributed by atoms with van der Waals surface area (Å²) in [5, 5.41) is 8.15. The molecule has 0 aliphatic carbocycles. The van der Waals surface area contributed by atoms with Crippen molar-refractivity contribution in [1.29, 1.82) is 0 Å². The third kappa shape index (κ3) is 6.03. The number of fused-ring (bicyclic) bond motifs is 1. The van der Waals surface area contributed by atoms with Crippen molar-refractivity contribution < 1.29 is 4.79 Å². The Hall–Kier alpha value is -2.54. The van der Waals surface area contributed by atoms with Crippen LogP contribution in [-0.4, -0.2) is 55.2 Å². The first-order valence-electron chi connectivity index (χ1n) is 10.9. The quantitative estimate of drug-likeness (QED) is 0.461. The number of amides is 2. The molecule has 8 heteroatoms. The molecule has 1 aliphatic heterocycles. The zero-order valence-corrected chi connectivity index (χ0v) is 19.4. The fourth-order valence-corrected chi connectivity index (χ4v) is 4.46. The average Bonchev–Trinajstić information content (AvgIpc) is 2.79. The number of rotatable bonds is 7. The number of benzene rings is 2. The number of halogens is 2. The molecule has 2 amide bonds. The highest BCUT2D eigenvalue weighted by molar-refractivity contribution is 6.36. The van der Waals surface area contributed by atoms with E-state index in [-0.39, 0.29) is 6.03 Å². The van der Waals surface area contributed by atoms with E-state index < -0.39 is 0 Å². The molecule has 0 atom stereocenters. The van der Waals surface area contributed by atoms with Gasteiger partial charge < -0.3 is 15.5 Å². The lowest BCUT2D eigenvalue weighted by Crippen LogP contribution is -2.46. The van der Waals surface area contributed by atoms with Crippen LogP contribution in [0.1, 0.15) is 12.8 Å². The minimum Gasteiger partial charge on any atom is -0.368 e. The van der Waals surface area contributed by atoms with Crippen LogP contribution in [-0.2, 0) is 0 Å². The number of anilines is 2. The minimum absolute atomic E-state index is 0.199. The minimum atomic E-state index is -0.199. The van der Waals surface area contributed by atoms with Gasteiger partial charge in [-0.15, -0.1) is 0 Å². The van der Waals surface area contributed by atoms with Crippen molar-refractivity contribution in [3.05, 3.63) is 64.8 Å². The summed E-state index contributed by atoms with van der Waals surface area (Å²) in [6, 6.07) is 15.2. The molecule has 1 saturated heterocycles. The number of carbonyl (C=O) groups excluding carboxylic acids is 1. The highest BCUT2D eigenvalue weighted by Gasteiger charge is 2.18. The van der Waals surface area contributed by atoms with Crippen LogP contribution in [0.4, 0.5) is 16.2 Å². The van der Waals surface area contributed by atoms with Gasteiger partial charge in [-0.3, -0.25) is 9.88 Å². The maximum Gasteiger partial charge on any atom is 0.319 e. The van der Waals surface area contributed by atoms with Crippen molar-refractivity contribution in [2.24, 2.45) is 0 Å². The van der Waals surface area contributed by atoms with Crippen molar-refractivity contribution in [2.75, 3.05) is 49.5 Å². The number of para-hydroxylation sites is 1. The number of nitrogens with one attached hydrogen (secondary N) is 2. The molecule has 0 bridgehead atoms. The standard InChI is InChI=1S/C24H27Cl2N5O/c25-19-7-8-23(21(26)16-19)31-13-11-30(12-14-31)10-4-3-9-27-24(32)29-20-15-18-5-1-2-6-22(18)28-17-20/h1-2,5-8,15-17H,3-4,9-14H2,(H2,27,29,32). The lowest BCUT2D eigenvalue weighted by molar-refractivity contribution is 0.247. The van der Waals surface area contributed by atoms with Gasteiger partial charge in [0.1, 0.15) is 0 Å². The lowest BCUT2D eigenvalue weighted by Gasteiger charge is -2.36. The van der Waals surface area contributed by atoms with Gasteiger partial charge in [0.25, 0.3) is 0 Å². The Morgan fingerprint density at radius 2 is 1.81 bits per heavy atom. The number of hydrogen-bond acceptors (Lipinski definition) is 4. The van der Waals surface area contributed by atoms with Gasteiger partial charge in [0.15, 0.2) is 0 Å². The molecule has 0 radical (unpaired) electrons. The van der Waals surface area contributed by atoms with E-state index in [1.807, 2.05) is 42.5 Å². The zero-order chi connectivity index (χ0) is 22.3. The predicted molar refractivity (Wildman–Crippen MR) is 133 cm³/mol. The highest BCUT2D eigenvalue weighted by Crippen LogP contribution is 2.29. The van der Waals surface area contributed by atoms with Gasteiger partial charge in [0, 0.05) is 43.1 Å². The molecule has 0 spiro atoms. The first kappa shape index (κ1) is 22.6. The van der Waals surface area contributed by atoms with E-state index in [2.05, 4.69) is 25.4 Å². The number of aromatic nitrogens is 1. The molecule has 2 aromatic carbocycles. The Morgan fingerprint density at radius 3 is 2.62 bits per heavy atom. The van der Waals surface area contributed by atoms with Crippen LogP contribution in [0.2, 0.25) is 10.0 Å². The number of nitrogens with zero attached hydrogens (tertiary/aromatic N) is 3. The molecular weight excluding hydrogens is 445 g/mol. The summed E-state index contributed by atoms with van der Waals surface area (Å²) >= 11 is 12.3. The van der Waals surface area contributed by atoms with E-state index in [9.17, 15) is 4.79 Å². The first-order chi connectivity index (χ1) is 15.6. The number of unbranched alkanes of at least 4 members (excludes halogenated alkanes) is 1. The van der Waals surface area contributed by atoms with Crippen LogP contribution in [0.25, 0.3) is 10.9 Å². The molecule has 6 nitrogen and oxygen atoms in total. The Balaban J connectivity index is 1.12. The van der Waals surface area contributed by atoms with Crippen LogP contribution in [0, 0.1) is 0 Å². The van der Waals surface area contributed by atoms with E-state index in [0.29, 0.717) is 22.3 Å². The van der Waals surface area contributed by atoms with Gasteiger partial charge in [-0.25, -0.2) is 4.79 Å². The average molecular weight is 472 g/mol. The van der Waals surface area contributed by atoms with Gasteiger partial charge >= 0.3 is 6.03 Å². The normalized spacial score (nSPS) is 14.5. The summed E-state index contributed by atoms with van der Waals surface area (Å²) in [7, 11) is 0. The van der Waals surface area contributed by atoms with E-state index in [4.69, 9.17) is 23.2 Å². The molecule has 1 aromatic heterocycles. The Bertz CT molecular complexity index is 1070. The van der Waals surface area contributed by atoms with Crippen LogP contribution >= 0.6 is 23.2 Å². The van der Waals surface area contributed by atoms with Crippen molar-refractivity contribution in [2.45, 2.75) is 12.8 Å². The van der Waals surface area contributed by atoms with Crippen LogP contribution < -0.4 is 15.5 Å². The zero-order valence-electron chi connectivity index (χ0n) is 17.9. The summed E-state index contributed by atoms with van der Waals surface area (Å²) in [5.41, 5.74) is 2.66. The Labute approximate surface area is 198 Å². The number of pyridine rings is 1. The SMILES string of the molecule is O=C(NCCCCN1CCN(c2ccc(Cl)cc2Cl)CC1)Nc1cnc2ccccc2c1. The third-order valence-corrected chi connectivity index (χ3v) is 6.20. The fraction of sp³-hybridized carbons (Fsp3) is 0.333. The van der Waals surface area contributed by atoms with E-state index in [1.54, 1.807) is 12.3 Å². The number of piperazine rings is 1. The number of hydrogen-bond donors (Lipinski definition) is 2. The molecule has 0 unspecified atom stereocenters. The maximum atomic E-state index is 12.1. The van der Waals surface area contributed by atoms with Crippen molar-refractivity contribution in [1.82, 2.24) is 15.2 Å². The van der Waals surface area contributed by atoms with Crippen molar-refractivity contribution in [3.8, 4) is 0 Å². The van der Waals surface area contributed by atoms with Crippen LogP contribution in [0.3, 0.4) is 0 Å². The van der Waals surface area contributed by atoms with Gasteiger partial charge in [0.2, 0.25) is 0 Å². The van der Waals surface area contributed by atoms with Gasteiger partial charge in [-0.1, -0.05) is 41.4 Å². The largest absolute Gasteiger partial charge is 0.368 e. The third-order valence-electron chi connectivity index (χ3n) is 5.66. The Kier molecular flexibility index (Phi) is 7.68. The van der Waals surface area contributed by atoms with Gasteiger partial charge in [-0.2, -0.15) is 0 Å². The Morgan fingerprint density at radius 1 is 1.00 bits per heavy atom. The maximum absolute atomic E-state index is 12.1. The van der Waals surface area contributed by atoms with Crippen LogP contribution in [0.5, 0.6) is 0 Å². The van der Waals surface area contributed by atoms with Crippen molar-refractivity contribution in [3.63, 3.8) is 0 Å². The van der Waals surface area contributed by atoms with Gasteiger partial charge in [0.05, 0.1) is 28.1 Å². The smallest absolute Gasteiger partial charge is 0.319 e. The summed E-state index contributed by atoms with van der Waals surface area (Å²) in [6.45, 7) is 5.57. The number of carbonyl (C=O) groups is 1. The number of urea groups is 1. The molecule has 0 saturated carbocycles. The first-order valence-corrected chi connectivity index (χ1v) is 11.7. The second kappa shape index (κ2) is 10.9. The molecule has 168 valence electrons. The fourth-order valence-electron chi connectivity index (χ4n) is 3.93. The second-order valence-corrected chi connectivity index (χ2v) is 8.77. The molecule has 32 heavy (non-hydrogen) atoms. The lowest BCUT2D eigenvalue weighted by atomic mass is 10.2. The van der Waals surface area contributed by atoms with E-state index >= 15 is 0 Å². The second-order valence-electron chi connectivity index (χ2n) is 7.93. The summed E-state index contributed by atoms with van der Waals surface area (Å²) in [6.07, 6.45) is 3.66. The summed E-state index contributed by atoms with van der Waals surface area (Å²) in [4.78, 5) is 21.3. The molecule has 3 aromatic rings. The van der Waals surface area contributed by atoms with E-state index in [0.717, 1.165) is 62.2 Å². The van der Waals surface area contributed by atoms with Gasteiger partial charge in [-0.05, 0) is 49.7 Å². The molecule has 4 rings (SSSR count). The molecule has 2 heterocycles. The highest BCUT2D eigenvalue weighted by atomic mass is 35.5. The van der Waals surface area contributed by atoms with Crippen LogP contribution in [0.15, 0.2) is 54.7 Å². The molecule has 1 aliphatic rings. The molecule has 2 N–H and O–H groups in total. The van der Waals surface area contributed by atoms with E-state index in [1.165, 1.54) is 0 Å². The van der Waals surface area contributed by atoms with Crippen molar-refractivity contribution >= 4 is 51.5 Å². The monoisotopic (exact) mass is 471 g/mol. The summed E-state index contributed by atoms with van der Waals surface area (Å²) in [5.74, 6) is 0. The molecular formula is C24H27Cl2N5O. The predicted octanol–water partition coefficient (Wildman–Crippen LogP) is 5.27. The molecule has 1 fully saturated rings.